The first-order valence-electron chi connectivity index (χ1n) is 7.75. The van der Waals surface area contributed by atoms with Gasteiger partial charge >= 0.3 is 5.97 Å². The normalized spacial score (nSPS) is 13.1. The first-order chi connectivity index (χ1) is 11.6. The van der Waals surface area contributed by atoms with Crippen molar-refractivity contribution in [3.8, 4) is 5.75 Å². The minimum absolute atomic E-state index is 0.151. The quantitative estimate of drug-likeness (QED) is 0.284. The molecule has 24 heavy (non-hydrogen) atoms. The zero-order chi connectivity index (χ0) is 17.8. The molecule has 1 rings (SSSR count). The number of hydrogen-bond acceptors (Lipinski definition) is 5. The molecule has 0 amide bonds. The molecule has 5 nitrogen and oxygen atoms in total. The number of hydrogen-bond donors (Lipinski definition) is 0. The molecule has 0 fully saturated rings. The van der Waals surface area contributed by atoms with Crippen LogP contribution in [0.15, 0.2) is 48.1 Å². The standard InChI is InChI=1S/C19H26O5/c1-15(13-19(20)23-4)18(22-3)7-5-6-12-24-14-16-8-10-17(21-2)11-9-16/h5-6,8-11,13,18H,7,12,14H2,1-4H3/b6-5-,15-13-/t18-/m1/s1. The molecule has 1 aromatic carbocycles. The van der Waals surface area contributed by atoms with Crippen molar-refractivity contribution < 1.29 is 23.7 Å². The number of ether oxygens (including phenoxy) is 4. The molecular formula is C19H26O5. The fraction of sp³-hybridized carbons (Fsp3) is 0.421. The van der Waals surface area contributed by atoms with E-state index in [9.17, 15) is 4.79 Å². The fourth-order valence-corrected chi connectivity index (χ4v) is 2.06. The number of carbonyl (C=O) groups is 1. The van der Waals surface area contributed by atoms with E-state index in [-0.39, 0.29) is 12.1 Å². The molecule has 0 saturated carbocycles. The zero-order valence-corrected chi connectivity index (χ0v) is 14.8. The summed E-state index contributed by atoms with van der Waals surface area (Å²) in [6, 6.07) is 7.78. The molecular weight excluding hydrogens is 308 g/mol. The van der Waals surface area contributed by atoms with E-state index in [1.165, 1.54) is 13.2 Å². The van der Waals surface area contributed by atoms with Crippen molar-refractivity contribution in [2.24, 2.45) is 0 Å². The molecule has 0 saturated heterocycles. The van der Waals surface area contributed by atoms with Gasteiger partial charge in [0.25, 0.3) is 0 Å². The predicted octanol–water partition coefficient (Wildman–Crippen LogP) is 3.29. The van der Waals surface area contributed by atoms with E-state index in [1.54, 1.807) is 14.2 Å². The Balaban J connectivity index is 2.33. The Bertz CT molecular complexity index is 545. The monoisotopic (exact) mass is 334 g/mol. The topological polar surface area (TPSA) is 54.0 Å². The molecule has 1 aromatic rings. The minimum Gasteiger partial charge on any atom is -0.497 e. The first kappa shape index (κ1) is 19.9. The molecule has 5 heteroatoms. The van der Waals surface area contributed by atoms with Crippen LogP contribution in [0, 0.1) is 0 Å². The van der Waals surface area contributed by atoms with E-state index >= 15 is 0 Å². The van der Waals surface area contributed by atoms with Gasteiger partial charge in [0.05, 0.1) is 33.5 Å². The molecule has 0 aromatic heterocycles. The lowest BCUT2D eigenvalue weighted by Crippen LogP contribution is -2.12. The van der Waals surface area contributed by atoms with Crippen LogP contribution in [0.2, 0.25) is 0 Å². The highest BCUT2D eigenvalue weighted by Gasteiger charge is 2.09. The number of benzene rings is 1. The van der Waals surface area contributed by atoms with E-state index in [4.69, 9.17) is 14.2 Å². The first-order valence-corrected chi connectivity index (χ1v) is 7.75. The Morgan fingerprint density at radius 3 is 2.42 bits per heavy atom. The average Bonchev–Trinajstić information content (AvgIpc) is 2.61. The van der Waals surface area contributed by atoms with Gasteiger partial charge < -0.3 is 18.9 Å². The number of methoxy groups -OCH3 is 3. The lowest BCUT2D eigenvalue weighted by molar-refractivity contribution is -0.134. The Hall–Kier alpha value is -2.11. The van der Waals surface area contributed by atoms with E-state index in [1.807, 2.05) is 43.3 Å². The highest BCUT2D eigenvalue weighted by molar-refractivity contribution is 5.82. The smallest absolute Gasteiger partial charge is 0.330 e. The Kier molecular flexibility index (Phi) is 9.49. The second kappa shape index (κ2) is 11.4. The SMILES string of the molecule is COC(=O)/C=C(/C)[C@@H](C/C=C\COCc1ccc(OC)cc1)OC. The maximum Gasteiger partial charge on any atom is 0.330 e. The van der Waals surface area contributed by atoms with Crippen LogP contribution in [0.3, 0.4) is 0 Å². The van der Waals surface area contributed by atoms with Gasteiger partial charge in [0.15, 0.2) is 0 Å². The second-order valence-corrected chi connectivity index (χ2v) is 5.21. The molecule has 0 heterocycles. The van der Waals surface area contributed by atoms with Crippen LogP contribution in [-0.2, 0) is 25.6 Å². The van der Waals surface area contributed by atoms with Gasteiger partial charge in [0.2, 0.25) is 0 Å². The second-order valence-electron chi connectivity index (χ2n) is 5.21. The van der Waals surface area contributed by atoms with Gasteiger partial charge in [-0.15, -0.1) is 0 Å². The molecule has 132 valence electrons. The molecule has 0 aliphatic rings. The average molecular weight is 334 g/mol. The van der Waals surface area contributed by atoms with Gasteiger partial charge in [-0.2, -0.15) is 0 Å². The number of carbonyl (C=O) groups excluding carboxylic acids is 1. The van der Waals surface area contributed by atoms with Crippen LogP contribution >= 0.6 is 0 Å². The highest BCUT2D eigenvalue weighted by Crippen LogP contribution is 2.12. The molecule has 0 unspecified atom stereocenters. The molecule has 0 aliphatic heterocycles. The van der Waals surface area contributed by atoms with Gasteiger partial charge in [-0.05, 0) is 36.6 Å². The van der Waals surface area contributed by atoms with Crippen LogP contribution in [0.4, 0.5) is 0 Å². The zero-order valence-electron chi connectivity index (χ0n) is 14.8. The van der Waals surface area contributed by atoms with Gasteiger partial charge in [-0.1, -0.05) is 24.3 Å². The van der Waals surface area contributed by atoms with Crippen LogP contribution in [-0.4, -0.2) is 40.0 Å². The molecule has 0 aliphatic carbocycles. The van der Waals surface area contributed by atoms with Crippen molar-refractivity contribution in [3.05, 3.63) is 53.6 Å². The van der Waals surface area contributed by atoms with E-state index in [0.29, 0.717) is 19.6 Å². The molecule has 0 spiro atoms. The predicted molar refractivity (Wildman–Crippen MR) is 93.0 cm³/mol. The Morgan fingerprint density at radius 2 is 1.83 bits per heavy atom. The van der Waals surface area contributed by atoms with E-state index in [2.05, 4.69) is 4.74 Å². The van der Waals surface area contributed by atoms with Crippen molar-refractivity contribution in [1.29, 1.82) is 0 Å². The summed E-state index contributed by atoms with van der Waals surface area (Å²) in [5, 5.41) is 0. The van der Waals surface area contributed by atoms with Crippen molar-refractivity contribution in [3.63, 3.8) is 0 Å². The summed E-state index contributed by atoms with van der Waals surface area (Å²) in [6.45, 7) is 2.91. The van der Waals surface area contributed by atoms with Crippen molar-refractivity contribution in [2.45, 2.75) is 26.1 Å². The summed E-state index contributed by atoms with van der Waals surface area (Å²) in [4.78, 5) is 11.2. The van der Waals surface area contributed by atoms with Crippen LogP contribution in [0.25, 0.3) is 0 Å². The number of esters is 1. The van der Waals surface area contributed by atoms with Crippen LogP contribution in [0.1, 0.15) is 18.9 Å². The maximum absolute atomic E-state index is 11.2. The third kappa shape index (κ3) is 7.44. The van der Waals surface area contributed by atoms with Gasteiger partial charge in [-0.3, -0.25) is 0 Å². The molecule has 0 N–H and O–H groups in total. The van der Waals surface area contributed by atoms with E-state index in [0.717, 1.165) is 16.9 Å². The minimum atomic E-state index is -0.374. The molecule has 0 bridgehead atoms. The van der Waals surface area contributed by atoms with Gasteiger partial charge in [0, 0.05) is 13.2 Å². The highest BCUT2D eigenvalue weighted by atomic mass is 16.5. The summed E-state index contributed by atoms with van der Waals surface area (Å²) < 4.78 is 20.7. The Morgan fingerprint density at radius 1 is 1.12 bits per heavy atom. The van der Waals surface area contributed by atoms with Crippen LogP contribution < -0.4 is 4.74 Å². The largest absolute Gasteiger partial charge is 0.497 e. The number of rotatable bonds is 10. The summed E-state index contributed by atoms with van der Waals surface area (Å²) in [5.74, 6) is 0.459. The van der Waals surface area contributed by atoms with Crippen molar-refractivity contribution in [2.75, 3.05) is 27.9 Å². The lowest BCUT2D eigenvalue weighted by atomic mass is 10.1. The van der Waals surface area contributed by atoms with Gasteiger partial charge in [0.1, 0.15) is 5.75 Å². The molecule has 0 radical (unpaired) electrons. The van der Waals surface area contributed by atoms with E-state index < -0.39 is 0 Å². The summed E-state index contributed by atoms with van der Waals surface area (Å²) >= 11 is 0. The Labute approximate surface area is 143 Å². The fourth-order valence-electron chi connectivity index (χ4n) is 2.06. The summed E-state index contributed by atoms with van der Waals surface area (Å²) in [7, 11) is 4.62. The van der Waals surface area contributed by atoms with Crippen molar-refractivity contribution in [1.82, 2.24) is 0 Å². The third-order valence-electron chi connectivity index (χ3n) is 3.50. The molecule has 1 atom stereocenters. The van der Waals surface area contributed by atoms with Crippen molar-refractivity contribution >= 4 is 5.97 Å². The summed E-state index contributed by atoms with van der Waals surface area (Å²) in [6.07, 6.45) is 5.89. The maximum atomic E-state index is 11.2. The van der Waals surface area contributed by atoms with Gasteiger partial charge in [-0.25, -0.2) is 4.79 Å². The summed E-state index contributed by atoms with van der Waals surface area (Å²) in [5.41, 5.74) is 1.92. The van der Waals surface area contributed by atoms with Crippen LogP contribution in [0.5, 0.6) is 5.75 Å². The lowest BCUT2D eigenvalue weighted by Gasteiger charge is -2.13. The third-order valence-corrected chi connectivity index (χ3v) is 3.50.